The van der Waals surface area contributed by atoms with Gasteiger partial charge in [0.2, 0.25) is 0 Å². The molecule has 0 spiro atoms. The minimum atomic E-state index is -0.132. The summed E-state index contributed by atoms with van der Waals surface area (Å²) in [7, 11) is 0. The molecule has 0 amide bonds. The third-order valence-electron chi connectivity index (χ3n) is 3.64. The van der Waals surface area contributed by atoms with Crippen molar-refractivity contribution < 1.29 is 9.53 Å². The van der Waals surface area contributed by atoms with Gasteiger partial charge in [0.05, 0.1) is 5.92 Å². The van der Waals surface area contributed by atoms with Crippen molar-refractivity contribution in [1.82, 2.24) is 5.32 Å². The van der Waals surface area contributed by atoms with Crippen molar-refractivity contribution >= 4 is 5.97 Å². The minimum Gasteiger partial charge on any atom is -0.461 e. The van der Waals surface area contributed by atoms with Gasteiger partial charge in [-0.25, -0.2) is 0 Å². The third kappa shape index (κ3) is 7.86. The zero-order valence-corrected chi connectivity index (χ0v) is 13.6. The standard InChI is InChI=1S/C18H29NO2/c1-4-5-7-10-16(3)19-13-15(2)18(20)21-14-17-11-8-6-9-12-17/h6,8-9,11-12,15-16,19H,4-5,7,10,13-14H2,1-3H3. The van der Waals surface area contributed by atoms with Crippen molar-refractivity contribution in [1.29, 1.82) is 0 Å². The van der Waals surface area contributed by atoms with E-state index in [4.69, 9.17) is 4.74 Å². The van der Waals surface area contributed by atoms with Crippen LogP contribution in [0.1, 0.15) is 52.0 Å². The second-order valence-corrected chi connectivity index (χ2v) is 5.80. The summed E-state index contributed by atoms with van der Waals surface area (Å²) in [6.07, 6.45) is 4.94. The van der Waals surface area contributed by atoms with E-state index in [1.807, 2.05) is 37.3 Å². The Morgan fingerprint density at radius 3 is 2.57 bits per heavy atom. The summed E-state index contributed by atoms with van der Waals surface area (Å²) >= 11 is 0. The van der Waals surface area contributed by atoms with E-state index >= 15 is 0 Å². The average molecular weight is 291 g/mol. The maximum Gasteiger partial charge on any atom is 0.310 e. The highest BCUT2D eigenvalue weighted by Crippen LogP contribution is 2.06. The fraction of sp³-hybridized carbons (Fsp3) is 0.611. The molecule has 0 fully saturated rings. The van der Waals surface area contributed by atoms with Crippen LogP contribution >= 0.6 is 0 Å². The first-order valence-corrected chi connectivity index (χ1v) is 8.07. The maximum absolute atomic E-state index is 11.9. The number of esters is 1. The van der Waals surface area contributed by atoms with Gasteiger partial charge in [0, 0.05) is 12.6 Å². The molecule has 2 unspecified atom stereocenters. The second-order valence-electron chi connectivity index (χ2n) is 5.80. The van der Waals surface area contributed by atoms with Gasteiger partial charge < -0.3 is 10.1 Å². The van der Waals surface area contributed by atoms with Crippen LogP contribution in [-0.2, 0) is 16.1 Å². The summed E-state index contributed by atoms with van der Waals surface area (Å²) in [5, 5.41) is 3.42. The molecule has 1 rings (SSSR count). The lowest BCUT2D eigenvalue weighted by molar-refractivity contribution is -0.149. The zero-order valence-electron chi connectivity index (χ0n) is 13.6. The van der Waals surface area contributed by atoms with Crippen LogP contribution in [-0.4, -0.2) is 18.6 Å². The molecular weight excluding hydrogens is 262 g/mol. The van der Waals surface area contributed by atoms with Crippen LogP contribution in [0.15, 0.2) is 30.3 Å². The highest BCUT2D eigenvalue weighted by molar-refractivity contribution is 5.72. The monoisotopic (exact) mass is 291 g/mol. The molecule has 3 nitrogen and oxygen atoms in total. The first-order valence-electron chi connectivity index (χ1n) is 8.07. The minimum absolute atomic E-state index is 0.109. The lowest BCUT2D eigenvalue weighted by atomic mass is 10.1. The van der Waals surface area contributed by atoms with E-state index in [0.717, 1.165) is 5.56 Å². The van der Waals surface area contributed by atoms with Crippen molar-refractivity contribution in [2.24, 2.45) is 5.92 Å². The molecule has 0 aliphatic carbocycles. The average Bonchev–Trinajstić information content (AvgIpc) is 2.51. The molecule has 0 bridgehead atoms. The van der Waals surface area contributed by atoms with Crippen molar-refractivity contribution in [2.75, 3.05) is 6.54 Å². The molecule has 0 aromatic heterocycles. The Labute approximate surface area is 129 Å². The quantitative estimate of drug-likeness (QED) is 0.524. The van der Waals surface area contributed by atoms with Gasteiger partial charge >= 0.3 is 5.97 Å². The summed E-state index contributed by atoms with van der Waals surface area (Å²) in [4.78, 5) is 11.9. The third-order valence-corrected chi connectivity index (χ3v) is 3.64. The van der Waals surface area contributed by atoms with Gasteiger partial charge in [-0.05, 0) is 18.9 Å². The SMILES string of the molecule is CCCCCC(C)NCC(C)C(=O)OCc1ccccc1. The molecule has 0 saturated carbocycles. The number of nitrogens with one attached hydrogen (secondary N) is 1. The molecular formula is C18H29NO2. The zero-order chi connectivity index (χ0) is 15.5. The van der Waals surface area contributed by atoms with Gasteiger partial charge in [0.25, 0.3) is 0 Å². The highest BCUT2D eigenvalue weighted by atomic mass is 16.5. The Balaban J connectivity index is 2.18. The molecule has 0 radical (unpaired) electrons. The molecule has 3 heteroatoms. The number of hydrogen-bond donors (Lipinski definition) is 1. The van der Waals surface area contributed by atoms with E-state index in [-0.39, 0.29) is 11.9 Å². The Hall–Kier alpha value is -1.35. The Morgan fingerprint density at radius 1 is 1.19 bits per heavy atom. The van der Waals surface area contributed by atoms with E-state index in [9.17, 15) is 4.79 Å². The van der Waals surface area contributed by atoms with Crippen LogP contribution in [0, 0.1) is 5.92 Å². The molecule has 1 N–H and O–H groups in total. The molecule has 0 aliphatic rings. The Morgan fingerprint density at radius 2 is 1.90 bits per heavy atom. The summed E-state index contributed by atoms with van der Waals surface area (Å²) in [5.74, 6) is -0.241. The van der Waals surface area contributed by atoms with E-state index in [1.165, 1.54) is 25.7 Å². The summed E-state index contributed by atoms with van der Waals surface area (Å²) in [6, 6.07) is 10.2. The van der Waals surface area contributed by atoms with Gasteiger partial charge in [0.1, 0.15) is 6.61 Å². The van der Waals surface area contributed by atoms with Gasteiger partial charge in [-0.15, -0.1) is 0 Å². The topological polar surface area (TPSA) is 38.3 Å². The van der Waals surface area contributed by atoms with Crippen molar-refractivity contribution in [3.63, 3.8) is 0 Å². The molecule has 0 heterocycles. The maximum atomic E-state index is 11.9. The number of carbonyl (C=O) groups excluding carboxylic acids is 1. The molecule has 2 atom stereocenters. The molecule has 0 saturated heterocycles. The summed E-state index contributed by atoms with van der Waals surface area (Å²) in [5.41, 5.74) is 1.03. The van der Waals surface area contributed by atoms with E-state index < -0.39 is 0 Å². The van der Waals surface area contributed by atoms with Crippen molar-refractivity contribution in [3.05, 3.63) is 35.9 Å². The van der Waals surface area contributed by atoms with E-state index in [0.29, 0.717) is 19.2 Å². The molecule has 118 valence electrons. The number of ether oxygens (including phenoxy) is 1. The lowest BCUT2D eigenvalue weighted by Gasteiger charge is -2.17. The number of hydrogen-bond acceptors (Lipinski definition) is 3. The van der Waals surface area contributed by atoms with Crippen LogP contribution in [0.4, 0.5) is 0 Å². The smallest absolute Gasteiger partial charge is 0.310 e. The second kappa shape index (κ2) is 10.4. The van der Waals surface area contributed by atoms with Crippen molar-refractivity contribution in [2.45, 2.75) is 59.1 Å². The van der Waals surface area contributed by atoms with Crippen molar-refractivity contribution in [3.8, 4) is 0 Å². The summed E-state index contributed by atoms with van der Waals surface area (Å²) < 4.78 is 5.34. The first kappa shape index (κ1) is 17.7. The number of rotatable bonds is 10. The van der Waals surface area contributed by atoms with Gasteiger partial charge in [-0.3, -0.25) is 4.79 Å². The van der Waals surface area contributed by atoms with E-state index in [2.05, 4.69) is 19.2 Å². The molecule has 21 heavy (non-hydrogen) atoms. The van der Waals surface area contributed by atoms with Crippen LogP contribution < -0.4 is 5.32 Å². The van der Waals surface area contributed by atoms with E-state index in [1.54, 1.807) is 0 Å². The molecule has 1 aromatic rings. The number of carbonyl (C=O) groups is 1. The highest BCUT2D eigenvalue weighted by Gasteiger charge is 2.15. The predicted molar refractivity (Wildman–Crippen MR) is 87.0 cm³/mol. The largest absolute Gasteiger partial charge is 0.461 e. The Bertz CT molecular complexity index is 391. The van der Waals surface area contributed by atoms with Gasteiger partial charge in [-0.1, -0.05) is 63.4 Å². The van der Waals surface area contributed by atoms with Crippen LogP contribution in [0.2, 0.25) is 0 Å². The lowest BCUT2D eigenvalue weighted by Crippen LogP contribution is -2.33. The van der Waals surface area contributed by atoms with Crippen LogP contribution in [0.25, 0.3) is 0 Å². The fourth-order valence-corrected chi connectivity index (χ4v) is 2.13. The number of unbranched alkanes of at least 4 members (excludes halogenated alkanes) is 2. The van der Waals surface area contributed by atoms with Crippen LogP contribution in [0.5, 0.6) is 0 Å². The molecule has 0 aliphatic heterocycles. The first-order chi connectivity index (χ1) is 10.1. The van der Waals surface area contributed by atoms with Gasteiger partial charge in [-0.2, -0.15) is 0 Å². The normalized spacial score (nSPS) is 13.7. The van der Waals surface area contributed by atoms with Crippen LogP contribution in [0.3, 0.4) is 0 Å². The van der Waals surface area contributed by atoms with Gasteiger partial charge in [0.15, 0.2) is 0 Å². The fourth-order valence-electron chi connectivity index (χ4n) is 2.13. The molecule has 1 aromatic carbocycles. The number of benzene rings is 1. The predicted octanol–water partition coefficient (Wildman–Crippen LogP) is 3.92. The summed E-state index contributed by atoms with van der Waals surface area (Å²) in [6.45, 7) is 7.34. The Kier molecular flexibility index (Phi) is 8.76.